The molecule has 1 aromatic rings. The van der Waals surface area contributed by atoms with Gasteiger partial charge >= 0.3 is 6.18 Å². The van der Waals surface area contributed by atoms with Crippen LogP contribution in [0.2, 0.25) is 0 Å². The monoisotopic (exact) mass is 304 g/mol. The molecule has 7 heteroatoms. The summed E-state index contributed by atoms with van der Waals surface area (Å²) in [7, 11) is 0. The van der Waals surface area contributed by atoms with Crippen LogP contribution in [0.4, 0.5) is 22.0 Å². The smallest absolute Gasteiger partial charge is 0.422 e. The van der Waals surface area contributed by atoms with Crippen molar-refractivity contribution in [2.45, 2.75) is 11.5 Å². The largest absolute Gasteiger partial charge is 0.478 e. The van der Waals surface area contributed by atoms with E-state index in [0.717, 1.165) is 12.1 Å². The Hall–Kier alpha value is -0.850. The van der Waals surface area contributed by atoms with E-state index in [0.29, 0.717) is 0 Å². The highest BCUT2D eigenvalue weighted by molar-refractivity contribution is 9.08. The molecule has 0 amide bonds. The van der Waals surface area contributed by atoms with Crippen molar-refractivity contribution in [3.63, 3.8) is 0 Å². The first-order valence-electron chi connectivity index (χ1n) is 4.07. The lowest BCUT2D eigenvalue weighted by Gasteiger charge is -2.11. The number of alkyl halides is 4. The second kappa shape index (κ2) is 4.99. The van der Waals surface area contributed by atoms with E-state index in [1.54, 1.807) is 0 Å². The summed E-state index contributed by atoms with van der Waals surface area (Å²) < 4.78 is 65.6. The molecule has 0 aromatic heterocycles. The van der Waals surface area contributed by atoms with Crippen molar-refractivity contribution < 1.29 is 26.7 Å². The molecule has 16 heavy (non-hydrogen) atoms. The van der Waals surface area contributed by atoms with Crippen molar-refractivity contribution in [3.8, 4) is 5.75 Å². The van der Waals surface area contributed by atoms with Crippen molar-refractivity contribution in [2.75, 3.05) is 6.61 Å². The number of hydrogen-bond donors (Lipinski definition) is 0. The van der Waals surface area contributed by atoms with E-state index < -0.39 is 30.2 Å². The molecule has 0 aliphatic heterocycles. The fourth-order valence-electron chi connectivity index (χ4n) is 0.981. The van der Waals surface area contributed by atoms with Crippen LogP contribution in [-0.2, 0) is 5.33 Å². The summed E-state index contributed by atoms with van der Waals surface area (Å²) >= 11 is 2.97. The average Bonchev–Trinajstić information content (AvgIpc) is 2.14. The lowest BCUT2D eigenvalue weighted by Crippen LogP contribution is -2.20. The second-order valence-electron chi connectivity index (χ2n) is 2.93. The van der Waals surface area contributed by atoms with Gasteiger partial charge in [-0.25, -0.2) is 8.78 Å². The van der Waals surface area contributed by atoms with Gasteiger partial charge in [0.2, 0.25) is 0 Å². The molecule has 0 spiro atoms. The average molecular weight is 305 g/mol. The molecule has 1 rings (SSSR count). The molecule has 1 aromatic carbocycles. The minimum Gasteiger partial charge on any atom is -0.478 e. The SMILES string of the molecule is Fc1cc(CBr)cc(F)c1OCC(F)(F)F. The Kier molecular flexibility index (Phi) is 4.12. The number of halogens is 6. The van der Waals surface area contributed by atoms with Crippen molar-refractivity contribution in [1.29, 1.82) is 0 Å². The summed E-state index contributed by atoms with van der Waals surface area (Å²) in [5.74, 6) is -3.32. The normalized spacial score (nSPS) is 11.6. The first-order valence-corrected chi connectivity index (χ1v) is 5.19. The van der Waals surface area contributed by atoms with Crippen LogP contribution in [0.3, 0.4) is 0 Å². The zero-order chi connectivity index (χ0) is 12.3. The van der Waals surface area contributed by atoms with Crippen LogP contribution in [0, 0.1) is 11.6 Å². The highest BCUT2D eigenvalue weighted by atomic mass is 79.9. The summed E-state index contributed by atoms with van der Waals surface area (Å²) in [5, 5.41) is 0.195. The molecule has 0 fully saturated rings. The van der Waals surface area contributed by atoms with E-state index in [1.807, 2.05) is 0 Å². The topological polar surface area (TPSA) is 9.23 Å². The van der Waals surface area contributed by atoms with Crippen LogP contribution < -0.4 is 4.74 Å². The van der Waals surface area contributed by atoms with E-state index in [4.69, 9.17) is 0 Å². The molecule has 0 radical (unpaired) electrons. The van der Waals surface area contributed by atoms with Gasteiger partial charge in [0.05, 0.1) is 0 Å². The summed E-state index contributed by atoms with van der Waals surface area (Å²) in [6, 6.07) is 1.81. The molecule has 0 N–H and O–H groups in total. The minimum atomic E-state index is -4.63. The molecular formula is C9H6BrF5O. The number of rotatable bonds is 3. The van der Waals surface area contributed by atoms with E-state index in [-0.39, 0.29) is 10.9 Å². The molecule has 1 nitrogen and oxygen atoms in total. The highest BCUT2D eigenvalue weighted by Crippen LogP contribution is 2.26. The maximum absolute atomic E-state index is 13.1. The molecular weight excluding hydrogens is 299 g/mol. The number of hydrogen-bond acceptors (Lipinski definition) is 1. The van der Waals surface area contributed by atoms with Gasteiger partial charge in [-0.15, -0.1) is 0 Å². The molecule has 0 aliphatic rings. The Balaban J connectivity index is 2.88. The van der Waals surface area contributed by atoms with Crippen LogP contribution in [0.25, 0.3) is 0 Å². The third kappa shape index (κ3) is 3.62. The van der Waals surface area contributed by atoms with Crippen LogP contribution in [0.15, 0.2) is 12.1 Å². The van der Waals surface area contributed by atoms with E-state index in [2.05, 4.69) is 20.7 Å². The molecule has 0 heterocycles. The maximum Gasteiger partial charge on any atom is 0.422 e. The van der Waals surface area contributed by atoms with E-state index >= 15 is 0 Å². The van der Waals surface area contributed by atoms with Gasteiger partial charge in [-0.05, 0) is 17.7 Å². The summed E-state index contributed by atoms with van der Waals surface area (Å²) in [5.41, 5.74) is 0.273. The van der Waals surface area contributed by atoms with Crippen molar-refractivity contribution in [2.24, 2.45) is 0 Å². The van der Waals surface area contributed by atoms with Gasteiger partial charge < -0.3 is 4.74 Å². The minimum absolute atomic E-state index is 0.195. The van der Waals surface area contributed by atoms with Gasteiger partial charge in [0.1, 0.15) is 0 Å². The molecule has 0 saturated heterocycles. The Morgan fingerprint density at radius 3 is 2.00 bits per heavy atom. The lowest BCUT2D eigenvalue weighted by atomic mass is 10.2. The zero-order valence-corrected chi connectivity index (χ0v) is 9.33. The van der Waals surface area contributed by atoms with Crippen molar-refractivity contribution in [1.82, 2.24) is 0 Å². The van der Waals surface area contributed by atoms with Crippen LogP contribution in [-0.4, -0.2) is 12.8 Å². The van der Waals surface area contributed by atoms with Gasteiger partial charge in [-0.2, -0.15) is 13.2 Å². The number of benzene rings is 1. The first-order chi connectivity index (χ1) is 7.33. The Morgan fingerprint density at radius 2 is 1.62 bits per heavy atom. The van der Waals surface area contributed by atoms with E-state index in [1.165, 1.54) is 0 Å². The van der Waals surface area contributed by atoms with Crippen molar-refractivity contribution in [3.05, 3.63) is 29.3 Å². The first kappa shape index (κ1) is 13.2. The number of ether oxygens (including phenoxy) is 1. The Bertz CT molecular complexity index is 354. The Morgan fingerprint density at radius 1 is 1.12 bits per heavy atom. The summed E-state index contributed by atoms with van der Waals surface area (Å²) in [6.07, 6.45) is -4.63. The van der Waals surface area contributed by atoms with Crippen LogP contribution in [0.1, 0.15) is 5.56 Å². The van der Waals surface area contributed by atoms with Crippen LogP contribution >= 0.6 is 15.9 Å². The second-order valence-corrected chi connectivity index (χ2v) is 3.49. The fourth-order valence-corrected chi connectivity index (χ4v) is 1.31. The van der Waals surface area contributed by atoms with Gasteiger partial charge in [0.15, 0.2) is 24.0 Å². The molecule has 0 saturated carbocycles. The summed E-state index contributed by atoms with van der Waals surface area (Å²) in [6.45, 7) is -1.73. The zero-order valence-electron chi connectivity index (χ0n) is 7.74. The quantitative estimate of drug-likeness (QED) is 0.609. The maximum atomic E-state index is 13.1. The standard InChI is InChI=1S/C9H6BrF5O/c10-3-5-1-6(11)8(7(12)2-5)16-4-9(13,14)15/h1-2H,3-4H2. The lowest BCUT2D eigenvalue weighted by molar-refractivity contribution is -0.154. The predicted octanol–water partition coefficient (Wildman–Crippen LogP) is 3.80. The Labute approximate surface area is 96.3 Å². The predicted molar refractivity (Wildman–Crippen MR) is 50.5 cm³/mol. The molecule has 0 bridgehead atoms. The third-order valence-electron chi connectivity index (χ3n) is 1.59. The molecule has 0 aliphatic carbocycles. The third-order valence-corrected chi connectivity index (χ3v) is 2.24. The summed E-state index contributed by atoms with van der Waals surface area (Å²) in [4.78, 5) is 0. The molecule has 90 valence electrons. The van der Waals surface area contributed by atoms with Gasteiger partial charge in [0, 0.05) is 5.33 Å². The van der Waals surface area contributed by atoms with Gasteiger partial charge in [-0.3, -0.25) is 0 Å². The van der Waals surface area contributed by atoms with Gasteiger partial charge in [-0.1, -0.05) is 15.9 Å². The molecule has 0 unspecified atom stereocenters. The highest BCUT2D eigenvalue weighted by Gasteiger charge is 2.29. The van der Waals surface area contributed by atoms with Gasteiger partial charge in [0.25, 0.3) is 0 Å². The van der Waals surface area contributed by atoms with Crippen molar-refractivity contribution >= 4 is 15.9 Å². The fraction of sp³-hybridized carbons (Fsp3) is 0.333. The van der Waals surface area contributed by atoms with Crippen LogP contribution in [0.5, 0.6) is 5.75 Å². The molecule has 0 atom stereocenters. The van der Waals surface area contributed by atoms with E-state index in [9.17, 15) is 22.0 Å².